The Morgan fingerprint density at radius 3 is 2.39 bits per heavy atom. The van der Waals surface area contributed by atoms with Gasteiger partial charge < -0.3 is 14.9 Å². The van der Waals surface area contributed by atoms with Gasteiger partial charge in [0.05, 0.1) is 11.6 Å². The molecule has 0 atom stereocenters. The summed E-state index contributed by atoms with van der Waals surface area (Å²) in [5, 5.41) is 17.8. The Kier molecular flexibility index (Phi) is 5.45. The summed E-state index contributed by atoms with van der Waals surface area (Å²) in [6, 6.07) is 6.89. The van der Waals surface area contributed by atoms with E-state index in [1.54, 1.807) is 24.3 Å². The lowest BCUT2D eigenvalue weighted by molar-refractivity contribution is -0.154. The van der Waals surface area contributed by atoms with Crippen LogP contribution in [-0.2, 0) is 9.59 Å². The third kappa shape index (κ3) is 4.25. The van der Waals surface area contributed by atoms with Crippen molar-refractivity contribution >= 4 is 23.5 Å². The lowest BCUT2D eigenvalue weighted by Gasteiger charge is -2.09. The minimum atomic E-state index is -1.39. The van der Waals surface area contributed by atoms with Gasteiger partial charge in [-0.25, -0.2) is 0 Å². The number of rotatable bonds is 7. The number of halogens is 1. The molecule has 98 valence electrons. The van der Waals surface area contributed by atoms with Crippen LogP contribution < -0.4 is 4.74 Å². The Balaban J connectivity index is 2.37. The van der Waals surface area contributed by atoms with E-state index >= 15 is 0 Å². The standard InChI is InChI=1S/C12H13ClO5/c13-9-5-1-2-6-10(9)18-7-3-4-8(11(14)15)12(16)17/h1-2,5-6,8H,3-4,7H2,(H,14,15)(H,16,17). The van der Waals surface area contributed by atoms with E-state index in [-0.39, 0.29) is 13.0 Å². The molecule has 0 aliphatic carbocycles. The summed E-state index contributed by atoms with van der Waals surface area (Å²) < 4.78 is 5.33. The number of para-hydroxylation sites is 1. The second-order valence-corrected chi connectivity index (χ2v) is 4.06. The highest BCUT2D eigenvalue weighted by atomic mass is 35.5. The highest BCUT2D eigenvalue weighted by molar-refractivity contribution is 6.32. The molecule has 1 aromatic carbocycles. The Hall–Kier alpha value is -1.75. The van der Waals surface area contributed by atoms with E-state index in [0.717, 1.165) is 0 Å². The fourth-order valence-corrected chi connectivity index (χ4v) is 1.57. The quantitative estimate of drug-likeness (QED) is 0.588. The van der Waals surface area contributed by atoms with Crippen molar-refractivity contribution in [3.63, 3.8) is 0 Å². The molecular formula is C12H13ClO5. The Labute approximate surface area is 109 Å². The molecule has 0 saturated carbocycles. The van der Waals surface area contributed by atoms with Crippen LogP contribution in [0.1, 0.15) is 12.8 Å². The Morgan fingerprint density at radius 1 is 1.22 bits per heavy atom. The summed E-state index contributed by atoms with van der Waals surface area (Å²) in [6.45, 7) is 0.223. The predicted molar refractivity (Wildman–Crippen MR) is 64.9 cm³/mol. The van der Waals surface area contributed by atoms with Crippen molar-refractivity contribution in [3.05, 3.63) is 29.3 Å². The van der Waals surface area contributed by atoms with Gasteiger partial charge in [-0.2, -0.15) is 0 Å². The Morgan fingerprint density at radius 2 is 1.83 bits per heavy atom. The number of carboxylic acid groups (broad SMARTS) is 2. The first-order chi connectivity index (χ1) is 8.52. The van der Waals surface area contributed by atoms with Gasteiger partial charge in [0.15, 0.2) is 5.92 Å². The third-order valence-electron chi connectivity index (χ3n) is 2.33. The molecule has 0 bridgehead atoms. The van der Waals surface area contributed by atoms with Gasteiger partial charge in [0.2, 0.25) is 0 Å². The van der Waals surface area contributed by atoms with Crippen LogP contribution in [0.25, 0.3) is 0 Å². The molecule has 18 heavy (non-hydrogen) atoms. The molecule has 2 N–H and O–H groups in total. The van der Waals surface area contributed by atoms with Gasteiger partial charge in [0.1, 0.15) is 5.75 Å². The van der Waals surface area contributed by atoms with Crippen molar-refractivity contribution < 1.29 is 24.5 Å². The van der Waals surface area contributed by atoms with E-state index in [1.807, 2.05) is 0 Å². The maximum atomic E-state index is 10.6. The molecule has 5 nitrogen and oxygen atoms in total. The largest absolute Gasteiger partial charge is 0.492 e. The van der Waals surface area contributed by atoms with E-state index < -0.39 is 17.9 Å². The molecule has 6 heteroatoms. The summed E-state index contributed by atoms with van der Waals surface area (Å²) in [6.07, 6.45) is 0.351. The minimum absolute atomic E-state index is 0.0229. The topological polar surface area (TPSA) is 83.8 Å². The van der Waals surface area contributed by atoms with Gasteiger partial charge >= 0.3 is 11.9 Å². The number of ether oxygens (including phenoxy) is 1. The molecule has 1 aromatic rings. The molecule has 0 saturated heterocycles. The SMILES string of the molecule is O=C(O)C(CCCOc1ccccc1Cl)C(=O)O. The fraction of sp³-hybridized carbons (Fsp3) is 0.333. The number of benzene rings is 1. The Bertz CT molecular complexity index is 418. The van der Waals surface area contributed by atoms with Crippen molar-refractivity contribution in [3.8, 4) is 5.75 Å². The first-order valence-electron chi connectivity index (χ1n) is 5.35. The zero-order valence-electron chi connectivity index (χ0n) is 9.51. The lowest BCUT2D eigenvalue weighted by atomic mass is 10.0. The van der Waals surface area contributed by atoms with Gasteiger partial charge in [-0.1, -0.05) is 23.7 Å². The molecule has 0 aliphatic rings. The fourth-order valence-electron chi connectivity index (χ4n) is 1.38. The van der Waals surface area contributed by atoms with Gasteiger partial charge in [-0.3, -0.25) is 9.59 Å². The zero-order chi connectivity index (χ0) is 13.5. The summed E-state index contributed by atoms with van der Waals surface area (Å²) in [4.78, 5) is 21.2. The molecule has 1 rings (SSSR count). The van der Waals surface area contributed by atoms with Gasteiger partial charge in [0, 0.05) is 0 Å². The second kappa shape index (κ2) is 6.86. The van der Waals surface area contributed by atoms with Crippen LogP contribution in [0.4, 0.5) is 0 Å². The zero-order valence-corrected chi connectivity index (χ0v) is 10.3. The summed E-state index contributed by atoms with van der Waals surface area (Å²) in [7, 11) is 0. The highest BCUT2D eigenvalue weighted by Gasteiger charge is 2.24. The maximum Gasteiger partial charge on any atom is 0.317 e. The van der Waals surface area contributed by atoms with Crippen molar-refractivity contribution in [1.29, 1.82) is 0 Å². The summed E-state index contributed by atoms with van der Waals surface area (Å²) in [5.41, 5.74) is 0. The second-order valence-electron chi connectivity index (χ2n) is 3.65. The average molecular weight is 273 g/mol. The van der Waals surface area contributed by atoms with Gasteiger partial charge in [0.25, 0.3) is 0 Å². The van der Waals surface area contributed by atoms with E-state index in [1.165, 1.54) is 0 Å². The first-order valence-corrected chi connectivity index (χ1v) is 5.73. The molecule has 0 aliphatic heterocycles. The minimum Gasteiger partial charge on any atom is -0.492 e. The molecule has 0 fully saturated rings. The average Bonchev–Trinajstić information content (AvgIpc) is 2.30. The van der Waals surface area contributed by atoms with Gasteiger partial charge in [-0.15, -0.1) is 0 Å². The van der Waals surface area contributed by atoms with E-state index in [0.29, 0.717) is 17.2 Å². The number of hydrogen-bond donors (Lipinski definition) is 2. The van der Waals surface area contributed by atoms with Crippen molar-refractivity contribution in [2.45, 2.75) is 12.8 Å². The number of carbonyl (C=O) groups is 2. The van der Waals surface area contributed by atoms with Crippen LogP contribution in [0.2, 0.25) is 5.02 Å². The van der Waals surface area contributed by atoms with E-state index in [9.17, 15) is 9.59 Å². The smallest absolute Gasteiger partial charge is 0.317 e. The lowest BCUT2D eigenvalue weighted by Crippen LogP contribution is -2.23. The van der Waals surface area contributed by atoms with Crippen LogP contribution in [-0.4, -0.2) is 28.8 Å². The number of carboxylic acids is 2. The van der Waals surface area contributed by atoms with Crippen molar-refractivity contribution in [2.75, 3.05) is 6.61 Å². The monoisotopic (exact) mass is 272 g/mol. The summed E-state index contributed by atoms with van der Waals surface area (Å²) in [5.74, 6) is -3.55. The molecule has 0 amide bonds. The predicted octanol–water partition coefficient (Wildman–Crippen LogP) is 2.28. The van der Waals surface area contributed by atoms with Crippen molar-refractivity contribution in [2.24, 2.45) is 5.92 Å². The van der Waals surface area contributed by atoms with Crippen molar-refractivity contribution in [1.82, 2.24) is 0 Å². The van der Waals surface area contributed by atoms with Crippen LogP contribution in [0, 0.1) is 5.92 Å². The molecule has 0 radical (unpaired) electrons. The van der Waals surface area contributed by atoms with Crippen LogP contribution >= 0.6 is 11.6 Å². The molecule has 0 heterocycles. The first kappa shape index (κ1) is 14.3. The van der Waals surface area contributed by atoms with Crippen LogP contribution in [0.3, 0.4) is 0 Å². The van der Waals surface area contributed by atoms with E-state index in [2.05, 4.69) is 0 Å². The van der Waals surface area contributed by atoms with E-state index in [4.69, 9.17) is 26.6 Å². The molecule has 0 unspecified atom stereocenters. The maximum absolute atomic E-state index is 10.6. The van der Waals surface area contributed by atoms with Gasteiger partial charge in [-0.05, 0) is 25.0 Å². The molecule has 0 aromatic heterocycles. The normalized spacial score (nSPS) is 10.3. The number of hydrogen-bond acceptors (Lipinski definition) is 3. The molecule has 0 spiro atoms. The highest BCUT2D eigenvalue weighted by Crippen LogP contribution is 2.23. The van der Waals surface area contributed by atoms with Crippen LogP contribution in [0.5, 0.6) is 5.75 Å². The summed E-state index contributed by atoms with van der Waals surface area (Å²) >= 11 is 5.85. The van der Waals surface area contributed by atoms with Crippen LogP contribution in [0.15, 0.2) is 24.3 Å². The third-order valence-corrected chi connectivity index (χ3v) is 2.64. The number of aliphatic carboxylic acids is 2. The molecular weight excluding hydrogens is 260 g/mol.